The normalized spacial score (nSPS) is 21.0. The molecule has 0 fully saturated rings. The summed E-state index contributed by atoms with van der Waals surface area (Å²) in [5.74, 6) is -0.122. The number of non-ortho nitro benzene ring substituents is 1. The topological polar surface area (TPSA) is 103 Å². The zero-order valence-electron chi connectivity index (χ0n) is 14.4. The van der Waals surface area contributed by atoms with Crippen LogP contribution in [0, 0.1) is 21.4 Å². The summed E-state index contributed by atoms with van der Waals surface area (Å²) in [6, 6.07) is 6.63. The molecule has 7 nitrogen and oxygen atoms in total. The second kappa shape index (κ2) is 5.38. The van der Waals surface area contributed by atoms with Crippen molar-refractivity contribution in [1.82, 2.24) is 4.98 Å². The van der Waals surface area contributed by atoms with Gasteiger partial charge < -0.3 is 5.11 Å². The molecule has 1 unspecified atom stereocenters. The fraction of sp³-hybridized carbons (Fsp3) is 0.263. The first kappa shape index (κ1) is 16.2. The monoisotopic (exact) mass is 348 g/mol. The van der Waals surface area contributed by atoms with Crippen molar-refractivity contribution in [2.45, 2.75) is 26.3 Å². The van der Waals surface area contributed by atoms with Gasteiger partial charge in [-0.1, -0.05) is 0 Å². The highest BCUT2D eigenvalue weighted by Gasteiger charge is 2.44. The molecule has 0 saturated heterocycles. The van der Waals surface area contributed by atoms with E-state index in [4.69, 9.17) is 0 Å². The molecule has 26 heavy (non-hydrogen) atoms. The second-order valence-corrected chi connectivity index (χ2v) is 6.91. The third kappa shape index (κ3) is 1.99. The number of nitriles is 1. The van der Waals surface area contributed by atoms with Crippen LogP contribution in [0.1, 0.15) is 30.7 Å². The molecule has 2 aliphatic heterocycles. The van der Waals surface area contributed by atoms with Crippen molar-refractivity contribution in [3.8, 4) is 6.07 Å². The summed E-state index contributed by atoms with van der Waals surface area (Å²) < 4.78 is 0.391. The predicted molar refractivity (Wildman–Crippen MR) is 93.1 cm³/mol. The molecule has 0 aliphatic carbocycles. The number of nitrogens with zero attached hydrogens (tertiary/aromatic N) is 4. The number of pyridine rings is 1. The Hall–Kier alpha value is -3.24. The van der Waals surface area contributed by atoms with Crippen LogP contribution in [-0.2, 0) is 6.42 Å². The molecule has 1 aromatic heterocycles. The van der Waals surface area contributed by atoms with Crippen molar-refractivity contribution in [3.63, 3.8) is 0 Å². The molecule has 0 radical (unpaired) electrons. The van der Waals surface area contributed by atoms with Gasteiger partial charge in [-0.3, -0.25) is 19.6 Å². The van der Waals surface area contributed by atoms with E-state index in [-0.39, 0.29) is 17.5 Å². The van der Waals surface area contributed by atoms with Gasteiger partial charge in [-0.15, -0.1) is 0 Å². The molecular weight excluding hydrogens is 332 g/mol. The summed E-state index contributed by atoms with van der Waals surface area (Å²) >= 11 is 0. The molecular formula is C19H16N4O3. The van der Waals surface area contributed by atoms with Crippen LogP contribution in [0.15, 0.2) is 36.2 Å². The van der Waals surface area contributed by atoms with E-state index in [1.807, 2.05) is 20.0 Å². The van der Waals surface area contributed by atoms with Gasteiger partial charge >= 0.3 is 0 Å². The molecule has 1 aromatic carbocycles. The molecule has 1 atom stereocenters. The lowest BCUT2D eigenvalue weighted by Gasteiger charge is -2.42. The minimum Gasteiger partial charge on any atom is -0.868 e. The molecule has 0 amide bonds. The molecule has 0 spiro atoms. The van der Waals surface area contributed by atoms with Gasteiger partial charge in [0.2, 0.25) is 0 Å². The standard InChI is InChI=1S/C19H16N4O3/c1-11(2)23-7-5-16-18(19(23)17(24)6-8-23)14(10-20)13-9-12(22(25)26)3-4-15(13)21-16/h3-4,6,8-9,11H,5,7H2,1-2H3. The van der Waals surface area contributed by atoms with Crippen LogP contribution in [0.2, 0.25) is 0 Å². The average Bonchev–Trinajstić information content (AvgIpc) is 2.97. The van der Waals surface area contributed by atoms with Crippen LogP contribution in [0.5, 0.6) is 0 Å². The molecule has 0 bridgehead atoms. The van der Waals surface area contributed by atoms with E-state index in [1.165, 1.54) is 12.1 Å². The fourth-order valence-electron chi connectivity index (χ4n) is 4.02. The first-order valence-electron chi connectivity index (χ1n) is 8.39. The van der Waals surface area contributed by atoms with Gasteiger partial charge in [-0.05, 0) is 31.7 Å². The largest absolute Gasteiger partial charge is 0.868 e. The van der Waals surface area contributed by atoms with Gasteiger partial charge in [0, 0.05) is 23.9 Å². The van der Waals surface area contributed by atoms with Gasteiger partial charge in [0.05, 0.1) is 39.8 Å². The molecule has 0 saturated carbocycles. The lowest BCUT2D eigenvalue weighted by molar-refractivity contribution is -0.830. The highest BCUT2D eigenvalue weighted by atomic mass is 16.6. The van der Waals surface area contributed by atoms with E-state index in [9.17, 15) is 20.5 Å². The zero-order chi connectivity index (χ0) is 18.6. The van der Waals surface area contributed by atoms with Crippen LogP contribution >= 0.6 is 0 Å². The number of allylic oxidation sites excluding steroid dienone is 1. The Labute approximate surface area is 149 Å². The van der Waals surface area contributed by atoms with Gasteiger partial charge in [0.25, 0.3) is 5.69 Å². The number of hydrogen-bond acceptors (Lipinski definition) is 5. The Morgan fingerprint density at radius 2 is 2.15 bits per heavy atom. The Bertz CT molecular complexity index is 1080. The van der Waals surface area contributed by atoms with Crippen LogP contribution < -0.4 is 5.11 Å². The van der Waals surface area contributed by atoms with E-state index in [0.29, 0.717) is 50.9 Å². The van der Waals surface area contributed by atoms with E-state index < -0.39 is 4.92 Å². The van der Waals surface area contributed by atoms with Crippen molar-refractivity contribution in [2.24, 2.45) is 0 Å². The molecule has 0 N–H and O–H groups in total. The third-order valence-corrected chi connectivity index (χ3v) is 5.38. The Kier molecular flexibility index (Phi) is 3.36. The highest BCUT2D eigenvalue weighted by molar-refractivity contribution is 5.92. The number of aromatic nitrogens is 1. The quantitative estimate of drug-likeness (QED) is 0.471. The van der Waals surface area contributed by atoms with Gasteiger partial charge in [0.1, 0.15) is 18.0 Å². The Morgan fingerprint density at radius 1 is 1.38 bits per heavy atom. The van der Waals surface area contributed by atoms with Crippen molar-refractivity contribution in [2.75, 3.05) is 6.54 Å². The number of hydrogen-bond donors (Lipinski definition) is 0. The first-order chi connectivity index (χ1) is 12.4. The number of benzene rings is 1. The van der Waals surface area contributed by atoms with Crippen molar-refractivity contribution in [3.05, 3.63) is 63.2 Å². The summed E-state index contributed by atoms with van der Waals surface area (Å²) in [6.07, 6.45) is 4.09. The molecule has 2 aliphatic rings. The van der Waals surface area contributed by atoms with E-state index in [0.717, 1.165) is 0 Å². The minimum absolute atomic E-state index is 0.1000. The van der Waals surface area contributed by atoms with Crippen LogP contribution in [0.3, 0.4) is 0 Å². The molecule has 4 rings (SSSR count). The molecule has 2 aromatic rings. The number of fused-ring (bicyclic) bond motifs is 4. The van der Waals surface area contributed by atoms with Crippen molar-refractivity contribution < 1.29 is 14.5 Å². The molecule has 130 valence electrons. The van der Waals surface area contributed by atoms with Crippen LogP contribution in [0.4, 0.5) is 5.69 Å². The van der Waals surface area contributed by atoms with E-state index in [1.54, 1.807) is 12.1 Å². The van der Waals surface area contributed by atoms with Crippen molar-refractivity contribution >= 4 is 22.3 Å². The smallest absolute Gasteiger partial charge is 0.270 e. The summed E-state index contributed by atoms with van der Waals surface area (Å²) in [7, 11) is 0. The number of nitro groups is 1. The Balaban J connectivity index is 2.09. The number of rotatable bonds is 2. The first-order valence-corrected chi connectivity index (χ1v) is 8.39. The summed E-state index contributed by atoms with van der Waals surface area (Å²) in [6.45, 7) is 4.79. The average molecular weight is 348 g/mol. The van der Waals surface area contributed by atoms with Crippen molar-refractivity contribution in [1.29, 1.82) is 5.26 Å². The second-order valence-electron chi connectivity index (χ2n) is 6.91. The summed E-state index contributed by atoms with van der Waals surface area (Å²) in [4.78, 5) is 15.3. The van der Waals surface area contributed by atoms with Gasteiger partial charge in [-0.2, -0.15) is 5.26 Å². The van der Waals surface area contributed by atoms with E-state index >= 15 is 0 Å². The summed E-state index contributed by atoms with van der Waals surface area (Å²) in [5.41, 5.74) is 2.55. The molecule has 3 heterocycles. The maximum absolute atomic E-state index is 12.7. The lowest BCUT2D eigenvalue weighted by Crippen LogP contribution is -2.50. The third-order valence-electron chi connectivity index (χ3n) is 5.38. The SMILES string of the molecule is CC(C)[N+]12C=CC([O-])=C1c1c(nc3ccc([N+](=O)[O-])cc3c1C#N)CC2. The predicted octanol–water partition coefficient (Wildman–Crippen LogP) is 2.35. The Morgan fingerprint density at radius 3 is 2.81 bits per heavy atom. The summed E-state index contributed by atoms with van der Waals surface area (Å²) in [5, 5.41) is 34.1. The van der Waals surface area contributed by atoms with Gasteiger partial charge in [-0.25, -0.2) is 0 Å². The number of quaternary nitrogens is 1. The van der Waals surface area contributed by atoms with Gasteiger partial charge in [0.15, 0.2) is 0 Å². The zero-order valence-corrected chi connectivity index (χ0v) is 14.4. The lowest BCUT2D eigenvalue weighted by atomic mass is 9.91. The number of nitro benzene ring substituents is 1. The maximum atomic E-state index is 12.7. The fourth-order valence-corrected chi connectivity index (χ4v) is 4.02. The maximum Gasteiger partial charge on any atom is 0.270 e. The van der Waals surface area contributed by atoms with E-state index in [2.05, 4.69) is 11.1 Å². The minimum atomic E-state index is -0.496. The van der Waals surface area contributed by atoms with Crippen LogP contribution in [0.25, 0.3) is 16.6 Å². The highest BCUT2D eigenvalue weighted by Crippen LogP contribution is 2.45. The molecule has 7 heteroatoms. The van der Waals surface area contributed by atoms with Crippen LogP contribution in [-0.4, -0.2) is 27.0 Å².